The molecule has 0 radical (unpaired) electrons. The molecular weight excluding hydrogens is 294 g/mol. The van der Waals surface area contributed by atoms with E-state index in [1.807, 2.05) is 30.3 Å². The Morgan fingerprint density at radius 2 is 1.83 bits per heavy atom. The topological polar surface area (TPSA) is 54.0 Å². The monoisotopic (exact) mass is 305 g/mol. The van der Waals surface area contributed by atoms with Gasteiger partial charge in [0.15, 0.2) is 0 Å². The zero-order chi connectivity index (χ0) is 13.0. The third-order valence-electron chi connectivity index (χ3n) is 2.26. The van der Waals surface area contributed by atoms with Crippen LogP contribution in [0.15, 0.2) is 47.2 Å². The van der Waals surface area contributed by atoms with Crippen molar-refractivity contribution in [3.05, 3.63) is 47.2 Å². The number of nitrogens with zero attached hydrogens (tertiary/aromatic N) is 1. The summed E-state index contributed by atoms with van der Waals surface area (Å²) in [6.45, 7) is 1.49. The maximum absolute atomic E-state index is 10.9. The lowest BCUT2D eigenvalue weighted by Gasteiger charge is -2.09. The smallest absolute Gasteiger partial charge is 0.221 e. The van der Waals surface area contributed by atoms with Crippen LogP contribution in [0.5, 0.6) is 0 Å². The van der Waals surface area contributed by atoms with Crippen molar-refractivity contribution in [2.75, 3.05) is 10.6 Å². The van der Waals surface area contributed by atoms with E-state index in [1.54, 1.807) is 12.4 Å². The number of carbonyl (C=O) groups excluding carboxylic acids is 1. The summed E-state index contributed by atoms with van der Waals surface area (Å²) in [5, 5.41) is 5.97. The number of anilines is 3. The molecule has 1 amide bonds. The molecule has 0 saturated heterocycles. The molecule has 2 N–H and O–H groups in total. The number of rotatable bonds is 3. The van der Waals surface area contributed by atoms with Crippen molar-refractivity contribution in [3.63, 3.8) is 0 Å². The van der Waals surface area contributed by atoms with Crippen molar-refractivity contribution < 1.29 is 4.79 Å². The van der Waals surface area contributed by atoms with E-state index in [2.05, 4.69) is 31.5 Å². The molecule has 1 aromatic heterocycles. The highest BCUT2D eigenvalue weighted by atomic mass is 79.9. The van der Waals surface area contributed by atoms with Crippen molar-refractivity contribution >= 4 is 38.9 Å². The minimum Gasteiger partial charge on any atom is -0.355 e. The zero-order valence-corrected chi connectivity index (χ0v) is 11.4. The third-order valence-corrected chi connectivity index (χ3v) is 2.89. The van der Waals surface area contributed by atoms with Crippen LogP contribution in [0.3, 0.4) is 0 Å². The van der Waals surface area contributed by atoms with Crippen LogP contribution in [0.1, 0.15) is 6.92 Å². The largest absolute Gasteiger partial charge is 0.355 e. The van der Waals surface area contributed by atoms with Gasteiger partial charge in [0.25, 0.3) is 0 Å². The van der Waals surface area contributed by atoms with Crippen molar-refractivity contribution in [1.29, 1.82) is 0 Å². The molecule has 2 rings (SSSR count). The maximum atomic E-state index is 10.9. The van der Waals surface area contributed by atoms with Gasteiger partial charge in [-0.2, -0.15) is 0 Å². The van der Waals surface area contributed by atoms with Crippen LogP contribution >= 0.6 is 15.9 Å². The first kappa shape index (κ1) is 12.6. The van der Waals surface area contributed by atoms with Gasteiger partial charge in [0.2, 0.25) is 5.91 Å². The molecule has 0 unspecified atom stereocenters. The van der Waals surface area contributed by atoms with Gasteiger partial charge in [0, 0.05) is 30.7 Å². The molecule has 0 aliphatic carbocycles. The molecular formula is C13H12BrN3O. The number of halogens is 1. The van der Waals surface area contributed by atoms with E-state index in [-0.39, 0.29) is 5.91 Å². The highest BCUT2D eigenvalue weighted by molar-refractivity contribution is 9.10. The average Bonchev–Trinajstić information content (AvgIpc) is 2.34. The molecule has 92 valence electrons. The number of hydrogen-bond acceptors (Lipinski definition) is 3. The molecule has 0 fully saturated rings. The first-order chi connectivity index (χ1) is 8.65. The van der Waals surface area contributed by atoms with Crippen molar-refractivity contribution in [2.45, 2.75) is 6.92 Å². The second kappa shape index (κ2) is 5.64. The molecule has 18 heavy (non-hydrogen) atoms. The predicted molar refractivity (Wildman–Crippen MR) is 76.0 cm³/mol. The zero-order valence-electron chi connectivity index (χ0n) is 9.77. The summed E-state index contributed by atoms with van der Waals surface area (Å²) in [6, 6.07) is 9.37. The van der Waals surface area contributed by atoms with Crippen LogP contribution in [0.2, 0.25) is 0 Å². The summed E-state index contributed by atoms with van der Waals surface area (Å²) in [6.07, 6.45) is 3.45. The first-order valence-corrected chi connectivity index (χ1v) is 6.18. The molecule has 5 heteroatoms. The fraction of sp³-hybridized carbons (Fsp3) is 0.0769. The lowest BCUT2D eigenvalue weighted by Crippen LogP contribution is -2.05. The number of pyridine rings is 1. The molecule has 0 saturated carbocycles. The van der Waals surface area contributed by atoms with Gasteiger partial charge in [0.1, 0.15) is 0 Å². The normalized spacial score (nSPS) is 9.89. The van der Waals surface area contributed by atoms with Crippen LogP contribution in [0.25, 0.3) is 0 Å². The van der Waals surface area contributed by atoms with E-state index in [9.17, 15) is 4.79 Å². The van der Waals surface area contributed by atoms with E-state index >= 15 is 0 Å². The van der Waals surface area contributed by atoms with Crippen molar-refractivity contribution in [1.82, 2.24) is 4.98 Å². The van der Waals surface area contributed by atoms with Gasteiger partial charge in [-0.3, -0.25) is 9.78 Å². The molecule has 1 aromatic carbocycles. The summed E-state index contributed by atoms with van der Waals surface area (Å²) >= 11 is 3.42. The molecule has 4 nitrogen and oxygen atoms in total. The highest BCUT2D eigenvalue weighted by Crippen LogP contribution is 2.25. The van der Waals surface area contributed by atoms with Gasteiger partial charge in [-0.05, 0) is 46.3 Å². The summed E-state index contributed by atoms with van der Waals surface area (Å²) in [5.41, 5.74) is 2.66. The van der Waals surface area contributed by atoms with Gasteiger partial charge in [-0.25, -0.2) is 0 Å². The van der Waals surface area contributed by atoms with Gasteiger partial charge in [0.05, 0.1) is 10.2 Å². The minimum absolute atomic E-state index is 0.0763. The van der Waals surface area contributed by atoms with Gasteiger partial charge < -0.3 is 10.6 Å². The second-order valence-electron chi connectivity index (χ2n) is 3.74. The lowest BCUT2D eigenvalue weighted by molar-refractivity contribution is -0.114. The fourth-order valence-corrected chi connectivity index (χ4v) is 1.82. The fourth-order valence-electron chi connectivity index (χ4n) is 1.47. The number of hydrogen-bond donors (Lipinski definition) is 2. The molecule has 0 atom stereocenters. The van der Waals surface area contributed by atoms with E-state index in [4.69, 9.17) is 0 Å². The quantitative estimate of drug-likeness (QED) is 0.912. The Kier molecular flexibility index (Phi) is 3.94. The van der Waals surface area contributed by atoms with Crippen molar-refractivity contribution in [3.8, 4) is 0 Å². The molecule has 0 aliphatic heterocycles. The Balaban J connectivity index is 2.11. The van der Waals surface area contributed by atoms with Crippen LogP contribution in [-0.4, -0.2) is 10.9 Å². The van der Waals surface area contributed by atoms with Gasteiger partial charge in [-0.15, -0.1) is 0 Å². The average molecular weight is 306 g/mol. The molecule has 2 aromatic rings. The van der Waals surface area contributed by atoms with E-state index in [0.717, 1.165) is 21.5 Å². The van der Waals surface area contributed by atoms with Gasteiger partial charge >= 0.3 is 0 Å². The van der Waals surface area contributed by atoms with Crippen molar-refractivity contribution in [2.24, 2.45) is 0 Å². The first-order valence-electron chi connectivity index (χ1n) is 5.39. The minimum atomic E-state index is -0.0763. The SMILES string of the molecule is CC(=O)Nc1ccc(Nc2ccncc2Br)cc1. The maximum Gasteiger partial charge on any atom is 0.221 e. The Morgan fingerprint density at radius 3 is 2.44 bits per heavy atom. The standard InChI is InChI=1S/C13H12BrN3O/c1-9(18)16-10-2-4-11(5-3-10)17-13-6-7-15-8-12(13)14/h2-8H,1H3,(H,15,17)(H,16,18). The predicted octanol–water partition coefficient (Wildman–Crippen LogP) is 3.55. The molecule has 0 spiro atoms. The molecule has 0 bridgehead atoms. The van der Waals surface area contributed by atoms with Crippen LogP contribution in [0, 0.1) is 0 Å². The van der Waals surface area contributed by atoms with Crippen LogP contribution < -0.4 is 10.6 Å². The summed E-state index contributed by atoms with van der Waals surface area (Å²) in [7, 11) is 0. The molecule has 0 aliphatic rings. The Labute approximate surface area is 114 Å². The Bertz CT molecular complexity index is 554. The summed E-state index contributed by atoms with van der Waals surface area (Å²) < 4.78 is 0.899. The summed E-state index contributed by atoms with van der Waals surface area (Å²) in [4.78, 5) is 14.9. The Morgan fingerprint density at radius 1 is 1.17 bits per heavy atom. The van der Waals surface area contributed by atoms with E-state index in [1.165, 1.54) is 6.92 Å². The Hall–Kier alpha value is -1.88. The third kappa shape index (κ3) is 3.30. The van der Waals surface area contributed by atoms with E-state index in [0.29, 0.717) is 0 Å². The highest BCUT2D eigenvalue weighted by Gasteiger charge is 2.00. The number of amides is 1. The van der Waals surface area contributed by atoms with E-state index < -0.39 is 0 Å². The molecule has 1 heterocycles. The second-order valence-corrected chi connectivity index (χ2v) is 4.59. The summed E-state index contributed by atoms with van der Waals surface area (Å²) in [5.74, 6) is -0.0763. The number of carbonyl (C=O) groups is 1. The van der Waals surface area contributed by atoms with Crippen LogP contribution in [-0.2, 0) is 4.79 Å². The number of nitrogens with one attached hydrogen (secondary N) is 2. The van der Waals surface area contributed by atoms with Crippen LogP contribution in [0.4, 0.5) is 17.1 Å². The number of aromatic nitrogens is 1. The van der Waals surface area contributed by atoms with Gasteiger partial charge in [-0.1, -0.05) is 0 Å². The lowest BCUT2D eigenvalue weighted by atomic mass is 10.2. The number of benzene rings is 1.